The number of hydrogen-bond acceptors (Lipinski definition) is 6. The molecule has 0 saturated carbocycles. The lowest BCUT2D eigenvalue weighted by Gasteiger charge is -2.23. The molecule has 24 heavy (non-hydrogen) atoms. The largest absolute Gasteiger partial charge is 0.494 e. The van der Waals surface area contributed by atoms with Crippen LogP contribution in [-0.2, 0) is 33.0 Å². The Morgan fingerprint density at radius 2 is 2.17 bits per heavy atom. The van der Waals surface area contributed by atoms with Crippen LogP contribution in [0.2, 0.25) is 0 Å². The van der Waals surface area contributed by atoms with Crippen LogP contribution in [0, 0.1) is 0 Å². The second-order valence-electron chi connectivity index (χ2n) is 5.76. The first-order valence-corrected chi connectivity index (χ1v) is 7.73. The Hall–Kier alpha value is -2.25. The van der Waals surface area contributed by atoms with Crippen molar-refractivity contribution in [2.75, 3.05) is 13.2 Å². The van der Waals surface area contributed by atoms with E-state index in [0.29, 0.717) is 23.1 Å². The zero-order valence-electron chi connectivity index (χ0n) is 13.9. The van der Waals surface area contributed by atoms with E-state index in [1.807, 2.05) is 0 Å². The Balaban J connectivity index is 2.16. The number of rotatable bonds is 7. The Labute approximate surface area is 140 Å². The minimum absolute atomic E-state index is 0.0945. The van der Waals surface area contributed by atoms with Gasteiger partial charge in [0.05, 0.1) is 25.4 Å². The van der Waals surface area contributed by atoms with Crippen LogP contribution < -0.4 is 0 Å². The van der Waals surface area contributed by atoms with Crippen LogP contribution in [0.25, 0.3) is 0 Å². The van der Waals surface area contributed by atoms with Crippen molar-refractivity contribution in [1.82, 2.24) is 4.57 Å². The number of carbonyl (C=O) groups is 1. The van der Waals surface area contributed by atoms with Gasteiger partial charge in [0.1, 0.15) is 5.60 Å². The van der Waals surface area contributed by atoms with Crippen molar-refractivity contribution >= 4 is 5.97 Å². The molecule has 132 valence electrons. The molecular weight excluding hydrogens is 314 g/mol. The molecule has 7 nitrogen and oxygen atoms in total. The highest BCUT2D eigenvalue weighted by molar-refractivity contribution is 5.86. The normalized spacial score (nSPS) is 19.6. The fourth-order valence-electron chi connectivity index (χ4n) is 2.80. The summed E-state index contributed by atoms with van der Waals surface area (Å²) in [6.07, 6.45) is 3.78. The number of aliphatic hydroxyl groups excluding tert-OH is 1. The van der Waals surface area contributed by atoms with E-state index in [1.54, 1.807) is 26.0 Å². The number of aromatic hydroxyl groups is 2. The van der Waals surface area contributed by atoms with Gasteiger partial charge in [0, 0.05) is 17.7 Å². The lowest BCUT2D eigenvalue weighted by molar-refractivity contribution is -0.139. The third-order valence-corrected chi connectivity index (χ3v) is 3.98. The van der Waals surface area contributed by atoms with E-state index < -0.39 is 11.6 Å². The van der Waals surface area contributed by atoms with Gasteiger partial charge in [0.15, 0.2) is 5.88 Å². The molecule has 0 aliphatic carbocycles. The molecule has 0 fully saturated rings. The molecule has 1 aliphatic heterocycles. The Bertz CT molecular complexity index is 675. The highest BCUT2D eigenvalue weighted by Crippen LogP contribution is 2.48. The molecule has 3 N–H and O–H groups in total. The summed E-state index contributed by atoms with van der Waals surface area (Å²) >= 11 is 0. The number of hydrogen-bond donors (Lipinski definition) is 3. The van der Waals surface area contributed by atoms with Crippen molar-refractivity contribution < 1.29 is 29.6 Å². The van der Waals surface area contributed by atoms with Crippen LogP contribution in [0.5, 0.6) is 11.8 Å². The quantitative estimate of drug-likeness (QED) is 0.303. The topological polar surface area (TPSA) is 101 Å². The van der Waals surface area contributed by atoms with Crippen molar-refractivity contribution in [3.05, 3.63) is 35.4 Å². The van der Waals surface area contributed by atoms with Gasteiger partial charge in [-0.1, -0.05) is 18.7 Å². The van der Waals surface area contributed by atoms with Gasteiger partial charge < -0.3 is 24.8 Å². The van der Waals surface area contributed by atoms with E-state index in [2.05, 4.69) is 6.58 Å². The smallest absolute Gasteiger partial charge is 0.333 e. The van der Waals surface area contributed by atoms with Crippen molar-refractivity contribution in [2.45, 2.75) is 39.0 Å². The number of nitrogens with zero attached hydrogens (tertiary/aromatic N) is 1. The first kappa shape index (κ1) is 18.1. The molecule has 0 saturated heterocycles. The standard InChI is InChI=1S/C17H23NO6/c1-4-6-17(10-19)13-12(9-24-17)14(20)18(15(13)21)7-5-8-23-16(22)11(2)3/h4,6,19-21H,2,5,7-10H2,1,3H3. The Morgan fingerprint density at radius 3 is 2.75 bits per heavy atom. The zero-order valence-corrected chi connectivity index (χ0v) is 13.9. The molecule has 0 amide bonds. The fourth-order valence-corrected chi connectivity index (χ4v) is 2.80. The van der Waals surface area contributed by atoms with Gasteiger partial charge in [0.25, 0.3) is 0 Å². The highest BCUT2D eigenvalue weighted by Gasteiger charge is 2.44. The monoisotopic (exact) mass is 337 g/mol. The Morgan fingerprint density at radius 1 is 1.46 bits per heavy atom. The summed E-state index contributed by atoms with van der Waals surface area (Å²) < 4.78 is 11.9. The lowest BCUT2D eigenvalue weighted by Crippen LogP contribution is -2.27. The van der Waals surface area contributed by atoms with Gasteiger partial charge in [-0.25, -0.2) is 4.79 Å². The first-order chi connectivity index (χ1) is 11.4. The maximum Gasteiger partial charge on any atom is 0.333 e. The van der Waals surface area contributed by atoms with Gasteiger partial charge in [0.2, 0.25) is 5.88 Å². The number of ether oxygens (including phenoxy) is 2. The van der Waals surface area contributed by atoms with Gasteiger partial charge in [-0.2, -0.15) is 0 Å². The third-order valence-electron chi connectivity index (χ3n) is 3.98. The minimum atomic E-state index is -1.15. The molecule has 0 bridgehead atoms. The summed E-state index contributed by atoms with van der Waals surface area (Å²) in [7, 11) is 0. The van der Waals surface area contributed by atoms with Gasteiger partial charge >= 0.3 is 5.97 Å². The van der Waals surface area contributed by atoms with Crippen LogP contribution >= 0.6 is 0 Å². The second kappa shape index (κ2) is 7.11. The molecule has 1 aliphatic rings. The third kappa shape index (κ3) is 3.05. The molecule has 1 atom stereocenters. The molecule has 2 heterocycles. The zero-order chi connectivity index (χ0) is 17.9. The van der Waals surface area contributed by atoms with Crippen LogP contribution in [0.4, 0.5) is 0 Å². The molecule has 1 unspecified atom stereocenters. The van der Waals surface area contributed by atoms with Gasteiger partial charge in [-0.15, -0.1) is 0 Å². The van der Waals surface area contributed by atoms with Crippen LogP contribution in [0.15, 0.2) is 24.3 Å². The minimum Gasteiger partial charge on any atom is -0.494 e. The fraction of sp³-hybridized carbons (Fsp3) is 0.471. The first-order valence-electron chi connectivity index (χ1n) is 7.73. The molecule has 2 rings (SSSR count). The van der Waals surface area contributed by atoms with Crippen LogP contribution in [-0.4, -0.2) is 39.1 Å². The Kier molecular flexibility index (Phi) is 5.36. The van der Waals surface area contributed by atoms with Crippen molar-refractivity contribution in [3.8, 4) is 11.8 Å². The van der Waals surface area contributed by atoms with E-state index in [0.717, 1.165) is 0 Å². The SMILES string of the molecule is C=C(C)C(=O)OCCCn1c(O)c2c(c1O)C(C=CC)(CO)OC2. The van der Waals surface area contributed by atoms with Crippen LogP contribution in [0.1, 0.15) is 31.4 Å². The van der Waals surface area contributed by atoms with Crippen molar-refractivity contribution in [2.24, 2.45) is 0 Å². The number of esters is 1. The summed E-state index contributed by atoms with van der Waals surface area (Å²) in [5.74, 6) is -0.730. The number of fused-ring (bicyclic) bond motifs is 1. The summed E-state index contributed by atoms with van der Waals surface area (Å²) in [6, 6.07) is 0. The predicted octanol–water partition coefficient (Wildman–Crippen LogP) is 1.70. The second-order valence-corrected chi connectivity index (χ2v) is 5.76. The van der Waals surface area contributed by atoms with Crippen LogP contribution in [0.3, 0.4) is 0 Å². The highest BCUT2D eigenvalue weighted by atomic mass is 16.5. The number of aliphatic hydroxyl groups is 1. The number of carbonyl (C=O) groups excluding carboxylic acids is 1. The molecule has 7 heteroatoms. The van der Waals surface area contributed by atoms with Crippen molar-refractivity contribution in [3.63, 3.8) is 0 Å². The molecule has 0 aromatic carbocycles. The maximum absolute atomic E-state index is 11.3. The predicted molar refractivity (Wildman–Crippen MR) is 86.5 cm³/mol. The van der Waals surface area contributed by atoms with E-state index >= 15 is 0 Å². The van der Waals surface area contributed by atoms with E-state index in [9.17, 15) is 20.1 Å². The maximum atomic E-state index is 11.3. The molecule has 1 aromatic heterocycles. The molecular formula is C17H23NO6. The number of aromatic nitrogens is 1. The molecule has 0 spiro atoms. The molecule has 0 radical (unpaired) electrons. The van der Waals surface area contributed by atoms with E-state index in [4.69, 9.17) is 9.47 Å². The summed E-state index contributed by atoms with van der Waals surface area (Å²) in [6.45, 7) is 6.98. The summed E-state index contributed by atoms with van der Waals surface area (Å²) in [5, 5.41) is 30.5. The average molecular weight is 337 g/mol. The van der Waals surface area contributed by atoms with Gasteiger partial charge in [-0.05, 0) is 20.3 Å². The number of allylic oxidation sites excluding steroid dienone is 1. The van der Waals surface area contributed by atoms with E-state index in [1.165, 1.54) is 4.57 Å². The van der Waals surface area contributed by atoms with E-state index in [-0.39, 0.29) is 38.1 Å². The van der Waals surface area contributed by atoms with Crippen molar-refractivity contribution in [1.29, 1.82) is 0 Å². The average Bonchev–Trinajstić information content (AvgIpc) is 3.03. The van der Waals surface area contributed by atoms with Gasteiger partial charge in [-0.3, -0.25) is 4.57 Å². The summed E-state index contributed by atoms with van der Waals surface area (Å²) in [4.78, 5) is 11.3. The summed E-state index contributed by atoms with van der Waals surface area (Å²) in [5.41, 5.74) is -0.00136. The molecule has 1 aromatic rings. The lowest BCUT2D eigenvalue weighted by atomic mass is 9.95.